The minimum absolute atomic E-state index is 0.871. The molecule has 58 valence electrons. The Morgan fingerprint density at radius 3 is 2.20 bits per heavy atom. The van der Waals surface area contributed by atoms with Crippen LogP contribution in [0.25, 0.3) is 0 Å². The Morgan fingerprint density at radius 2 is 1.90 bits per heavy atom. The molecule has 0 aromatic rings. The molecule has 1 heterocycles. The van der Waals surface area contributed by atoms with Crippen LogP contribution in [0.3, 0.4) is 0 Å². The first-order valence-electron chi connectivity index (χ1n) is 4.43. The summed E-state index contributed by atoms with van der Waals surface area (Å²) < 4.78 is 0. The van der Waals surface area contributed by atoms with Gasteiger partial charge >= 0.3 is 0 Å². The van der Waals surface area contributed by atoms with E-state index < -0.39 is 0 Å². The second-order valence-corrected chi connectivity index (χ2v) is 4.23. The summed E-state index contributed by atoms with van der Waals surface area (Å²) in [5, 5.41) is 0. The van der Waals surface area contributed by atoms with Gasteiger partial charge in [0, 0.05) is 12.1 Å². The Bertz CT molecular complexity index is 130. The number of rotatable bonds is 2. The van der Waals surface area contributed by atoms with Crippen LogP contribution in [0.2, 0.25) is 0 Å². The lowest BCUT2D eigenvalue weighted by atomic mass is 10.1. The first kappa shape index (κ1) is 6.66. The number of hydrogen-bond donors (Lipinski definition) is 0. The van der Waals surface area contributed by atoms with Gasteiger partial charge in [-0.15, -0.1) is 0 Å². The minimum Gasteiger partial charge on any atom is -0.297 e. The molecule has 1 nitrogen and oxygen atoms in total. The Morgan fingerprint density at radius 1 is 1.30 bits per heavy atom. The molecule has 0 aromatic carbocycles. The predicted octanol–water partition coefficient (Wildman–Crippen LogP) is 1.74. The fourth-order valence-corrected chi connectivity index (χ4v) is 2.30. The van der Waals surface area contributed by atoms with Crippen molar-refractivity contribution in [2.24, 2.45) is 11.8 Å². The van der Waals surface area contributed by atoms with Crippen LogP contribution in [0.5, 0.6) is 0 Å². The van der Waals surface area contributed by atoms with Crippen molar-refractivity contribution < 1.29 is 0 Å². The zero-order chi connectivity index (χ0) is 7.30. The SMILES string of the molecule is CC(C)[C@H]1[C@@H](C2CC2)N1C. The van der Waals surface area contributed by atoms with Gasteiger partial charge in [-0.1, -0.05) is 13.8 Å². The molecular weight excluding hydrogens is 122 g/mol. The van der Waals surface area contributed by atoms with E-state index in [9.17, 15) is 0 Å². The average molecular weight is 139 g/mol. The van der Waals surface area contributed by atoms with E-state index in [1.165, 1.54) is 12.8 Å². The maximum Gasteiger partial charge on any atom is 0.0282 e. The van der Waals surface area contributed by atoms with Gasteiger partial charge in [0.05, 0.1) is 0 Å². The van der Waals surface area contributed by atoms with E-state index in [0.29, 0.717) is 0 Å². The van der Waals surface area contributed by atoms with E-state index in [2.05, 4.69) is 25.8 Å². The van der Waals surface area contributed by atoms with Crippen molar-refractivity contribution in [3.8, 4) is 0 Å². The average Bonchev–Trinajstić information content (AvgIpc) is 2.57. The highest BCUT2D eigenvalue weighted by atomic mass is 15.3. The van der Waals surface area contributed by atoms with Gasteiger partial charge in [0.15, 0.2) is 0 Å². The third-order valence-electron chi connectivity index (χ3n) is 2.99. The third kappa shape index (κ3) is 0.878. The zero-order valence-electron chi connectivity index (χ0n) is 7.17. The van der Waals surface area contributed by atoms with Crippen LogP contribution in [0.4, 0.5) is 0 Å². The van der Waals surface area contributed by atoms with Crippen LogP contribution in [-0.2, 0) is 0 Å². The highest BCUT2D eigenvalue weighted by molar-refractivity contribution is 5.08. The standard InChI is InChI=1S/C9H17N/c1-6(2)8-9(10(8)3)7-4-5-7/h6-9H,4-5H2,1-3H3/t8-,9+,10?/m0/s1. The third-order valence-corrected chi connectivity index (χ3v) is 2.99. The van der Waals surface area contributed by atoms with Crippen LogP contribution < -0.4 is 0 Å². The Hall–Kier alpha value is -0.0400. The lowest BCUT2D eigenvalue weighted by Gasteiger charge is -1.98. The van der Waals surface area contributed by atoms with E-state index >= 15 is 0 Å². The zero-order valence-corrected chi connectivity index (χ0v) is 7.17. The Balaban J connectivity index is 1.90. The van der Waals surface area contributed by atoms with Crippen molar-refractivity contribution in [1.82, 2.24) is 4.90 Å². The summed E-state index contributed by atoms with van der Waals surface area (Å²) in [5.41, 5.74) is 0. The van der Waals surface area contributed by atoms with Gasteiger partial charge in [0.25, 0.3) is 0 Å². The topological polar surface area (TPSA) is 3.01 Å². The van der Waals surface area contributed by atoms with Crippen LogP contribution in [0.15, 0.2) is 0 Å². The smallest absolute Gasteiger partial charge is 0.0282 e. The van der Waals surface area contributed by atoms with E-state index in [1.54, 1.807) is 0 Å². The normalized spacial score (nSPS) is 46.2. The van der Waals surface area contributed by atoms with E-state index in [0.717, 1.165) is 23.9 Å². The Labute approximate surface area is 63.4 Å². The first-order chi connectivity index (χ1) is 4.72. The molecule has 0 amide bonds. The molecule has 10 heavy (non-hydrogen) atoms. The molecule has 2 aliphatic rings. The fourth-order valence-electron chi connectivity index (χ4n) is 2.30. The second-order valence-electron chi connectivity index (χ2n) is 4.23. The van der Waals surface area contributed by atoms with Crippen LogP contribution in [0, 0.1) is 11.8 Å². The minimum atomic E-state index is 0.871. The van der Waals surface area contributed by atoms with Gasteiger partial charge in [0.1, 0.15) is 0 Å². The van der Waals surface area contributed by atoms with Gasteiger partial charge in [-0.05, 0) is 31.7 Å². The molecule has 1 saturated carbocycles. The van der Waals surface area contributed by atoms with Crippen molar-refractivity contribution in [3.05, 3.63) is 0 Å². The maximum atomic E-state index is 2.54. The quantitative estimate of drug-likeness (QED) is 0.527. The highest BCUT2D eigenvalue weighted by Crippen LogP contribution is 2.47. The molecule has 2 fully saturated rings. The molecule has 1 aliphatic carbocycles. The lowest BCUT2D eigenvalue weighted by Crippen LogP contribution is -2.03. The van der Waals surface area contributed by atoms with Crippen molar-refractivity contribution in [3.63, 3.8) is 0 Å². The molecular formula is C9H17N. The number of hydrogen-bond acceptors (Lipinski definition) is 1. The molecule has 2 rings (SSSR count). The largest absolute Gasteiger partial charge is 0.297 e. The summed E-state index contributed by atoms with van der Waals surface area (Å²) >= 11 is 0. The maximum absolute atomic E-state index is 2.54. The predicted molar refractivity (Wildman–Crippen MR) is 42.9 cm³/mol. The molecule has 3 atom stereocenters. The van der Waals surface area contributed by atoms with Crippen LogP contribution >= 0.6 is 0 Å². The fraction of sp³-hybridized carbons (Fsp3) is 1.00. The highest BCUT2D eigenvalue weighted by Gasteiger charge is 2.53. The van der Waals surface area contributed by atoms with Crippen LogP contribution in [-0.4, -0.2) is 24.0 Å². The van der Waals surface area contributed by atoms with Crippen molar-refractivity contribution in [1.29, 1.82) is 0 Å². The molecule has 1 unspecified atom stereocenters. The lowest BCUT2D eigenvalue weighted by molar-refractivity contribution is 0.501. The summed E-state index contributed by atoms with van der Waals surface area (Å²) in [4.78, 5) is 2.54. The summed E-state index contributed by atoms with van der Waals surface area (Å²) in [6.07, 6.45) is 3.00. The van der Waals surface area contributed by atoms with Gasteiger partial charge < -0.3 is 0 Å². The van der Waals surface area contributed by atoms with E-state index in [4.69, 9.17) is 0 Å². The summed E-state index contributed by atoms with van der Waals surface area (Å²) in [5.74, 6) is 1.95. The summed E-state index contributed by atoms with van der Waals surface area (Å²) in [7, 11) is 2.27. The molecule has 0 aromatic heterocycles. The Kier molecular flexibility index (Phi) is 1.31. The van der Waals surface area contributed by atoms with Gasteiger partial charge in [-0.25, -0.2) is 0 Å². The van der Waals surface area contributed by atoms with E-state index in [-0.39, 0.29) is 0 Å². The van der Waals surface area contributed by atoms with Crippen LogP contribution in [0.1, 0.15) is 26.7 Å². The summed E-state index contributed by atoms with van der Waals surface area (Å²) in [6, 6.07) is 1.90. The molecule has 1 aliphatic heterocycles. The van der Waals surface area contributed by atoms with Gasteiger partial charge in [0.2, 0.25) is 0 Å². The molecule has 0 radical (unpaired) electrons. The van der Waals surface area contributed by atoms with Crippen molar-refractivity contribution >= 4 is 0 Å². The first-order valence-corrected chi connectivity index (χ1v) is 4.43. The van der Waals surface area contributed by atoms with Crippen molar-refractivity contribution in [2.45, 2.75) is 38.8 Å². The molecule has 0 N–H and O–H groups in total. The van der Waals surface area contributed by atoms with Gasteiger partial charge in [-0.2, -0.15) is 0 Å². The summed E-state index contributed by atoms with van der Waals surface area (Å²) in [6.45, 7) is 4.67. The second kappa shape index (κ2) is 1.97. The van der Waals surface area contributed by atoms with Gasteiger partial charge in [-0.3, -0.25) is 4.90 Å². The van der Waals surface area contributed by atoms with Crippen molar-refractivity contribution in [2.75, 3.05) is 7.05 Å². The molecule has 1 saturated heterocycles. The molecule has 1 heteroatoms. The monoisotopic (exact) mass is 139 g/mol. The molecule has 0 spiro atoms. The number of nitrogens with zero attached hydrogens (tertiary/aromatic N) is 1. The van der Waals surface area contributed by atoms with E-state index in [1.807, 2.05) is 0 Å². The molecule has 0 bridgehead atoms. The number of likely N-dealkylation sites (N-methyl/N-ethyl adjacent to an activating group) is 1.